The van der Waals surface area contributed by atoms with Crippen molar-refractivity contribution in [3.05, 3.63) is 41.3 Å². The quantitative estimate of drug-likeness (QED) is 0.709. The lowest BCUT2D eigenvalue weighted by atomic mass is 10.1. The molecule has 0 amide bonds. The molecule has 0 radical (unpaired) electrons. The maximum absolute atomic E-state index is 11.5. The highest BCUT2D eigenvalue weighted by Gasteiger charge is 2.25. The van der Waals surface area contributed by atoms with Gasteiger partial charge < -0.3 is 15.4 Å². The van der Waals surface area contributed by atoms with Gasteiger partial charge in [0.25, 0.3) is 0 Å². The fourth-order valence-corrected chi connectivity index (χ4v) is 4.88. The summed E-state index contributed by atoms with van der Waals surface area (Å²) in [6.45, 7) is 2.81. The van der Waals surface area contributed by atoms with Gasteiger partial charge in [-0.1, -0.05) is 12.1 Å². The Kier molecular flexibility index (Phi) is 6.16. The van der Waals surface area contributed by atoms with E-state index in [1.807, 2.05) is 12.1 Å². The van der Waals surface area contributed by atoms with Gasteiger partial charge in [0.15, 0.2) is 14.9 Å². The summed E-state index contributed by atoms with van der Waals surface area (Å²) in [6.07, 6.45) is 4.06. The van der Waals surface area contributed by atoms with Crippen LogP contribution in [0.25, 0.3) is 0 Å². The maximum Gasteiger partial charge on any atom is 0.173 e. The molecule has 2 N–H and O–H groups in total. The SMILES string of the molecule is COc1ccc([C@H](CNC(=S)N[C@H]2C=CS(=O)(=O)C2)N2CCCC2)cc1. The molecule has 0 aliphatic carbocycles. The number of likely N-dealkylation sites (tertiary alicyclic amines) is 1. The number of rotatable bonds is 6. The lowest BCUT2D eigenvalue weighted by Gasteiger charge is -2.29. The standard InChI is InChI=1S/C18H25N3O3S2/c1-24-16-6-4-14(5-7-16)17(21-9-2-3-10-21)12-19-18(25)20-15-8-11-26(22,23)13-15/h4-8,11,15,17H,2-3,9-10,12-13H2,1H3,(H2,19,20,25)/t15-,17-/m0/s1. The van der Waals surface area contributed by atoms with Crippen LogP contribution in [0.2, 0.25) is 0 Å². The summed E-state index contributed by atoms with van der Waals surface area (Å²) < 4.78 is 28.2. The molecular formula is C18H25N3O3S2. The molecule has 0 bridgehead atoms. The smallest absolute Gasteiger partial charge is 0.173 e. The predicted octanol–water partition coefficient (Wildman–Crippen LogP) is 1.61. The zero-order valence-corrected chi connectivity index (χ0v) is 16.5. The molecule has 3 rings (SSSR count). The number of thiocarbonyl (C=S) groups is 1. The van der Waals surface area contributed by atoms with E-state index < -0.39 is 9.84 Å². The van der Waals surface area contributed by atoms with Crippen LogP contribution in [0.15, 0.2) is 35.7 Å². The second-order valence-corrected chi connectivity index (χ2v) is 8.99. The molecule has 2 aliphatic rings. The molecule has 8 heteroatoms. The van der Waals surface area contributed by atoms with Gasteiger partial charge in [-0.2, -0.15) is 0 Å². The molecular weight excluding hydrogens is 370 g/mol. The lowest BCUT2D eigenvalue weighted by Crippen LogP contribution is -2.45. The Morgan fingerprint density at radius 3 is 2.58 bits per heavy atom. The molecule has 2 atom stereocenters. The van der Waals surface area contributed by atoms with E-state index in [4.69, 9.17) is 17.0 Å². The fourth-order valence-electron chi connectivity index (χ4n) is 3.41. The van der Waals surface area contributed by atoms with Crippen molar-refractivity contribution in [2.45, 2.75) is 24.9 Å². The molecule has 0 saturated carbocycles. The molecule has 0 unspecified atom stereocenters. The van der Waals surface area contributed by atoms with E-state index in [1.54, 1.807) is 13.2 Å². The highest BCUT2D eigenvalue weighted by molar-refractivity contribution is 7.94. The Hall–Kier alpha value is -1.64. The molecule has 26 heavy (non-hydrogen) atoms. The van der Waals surface area contributed by atoms with Gasteiger partial charge in [0.2, 0.25) is 0 Å². The van der Waals surface area contributed by atoms with Crippen LogP contribution >= 0.6 is 12.2 Å². The third-order valence-electron chi connectivity index (χ3n) is 4.78. The van der Waals surface area contributed by atoms with E-state index in [9.17, 15) is 8.42 Å². The number of hydrogen-bond acceptors (Lipinski definition) is 5. The van der Waals surface area contributed by atoms with Gasteiger partial charge in [-0.05, 0) is 61.9 Å². The van der Waals surface area contributed by atoms with Crippen molar-refractivity contribution in [2.75, 3.05) is 32.5 Å². The summed E-state index contributed by atoms with van der Waals surface area (Å²) in [4.78, 5) is 2.46. The largest absolute Gasteiger partial charge is 0.497 e. The van der Waals surface area contributed by atoms with E-state index in [-0.39, 0.29) is 17.8 Å². The molecule has 1 saturated heterocycles. The first kappa shape index (κ1) is 19.1. The first-order valence-corrected chi connectivity index (χ1v) is 10.9. The van der Waals surface area contributed by atoms with Crippen LogP contribution < -0.4 is 15.4 Å². The van der Waals surface area contributed by atoms with Crippen LogP contribution in [0, 0.1) is 0 Å². The molecule has 142 valence electrons. The van der Waals surface area contributed by atoms with Crippen molar-refractivity contribution >= 4 is 27.2 Å². The molecule has 2 aliphatic heterocycles. The molecule has 0 spiro atoms. The zero-order chi connectivity index (χ0) is 18.6. The Balaban J connectivity index is 1.60. The minimum absolute atomic E-state index is 0.0584. The van der Waals surface area contributed by atoms with Gasteiger partial charge >= 0.3 is 0 Å². The minimum atomic E-state index is -3.09. The van der Waals surface area contributed by atoms with E-state index in [0.29, 0.717) is 11.7 Å². The maximum atomic E-state index is 11.5. The summed E-state index contributed by atoms with van der Waals surface area (Å²) in [5.41, 5.74) is 1.21. The summed E-state index contributed by atoms with van der Waals surface area (Å²) in [5.74, 6) is 0.899. The number of benzene rings is 1. The monoisotopic (exact) mass is 395 g/mol. The van der Waals surface area contributed by atoms with Gasteiger partial charge in [0.05, 0.1) is 24.9 Å². The zero-order valence-electron chi connectivity index (χ0n) is 14.8. The van der Waals surface area contributed by atoms with Crippen molar-refractivity contribution in [3.8, 4) is 5.75 Å². The van der Waals surface area contributed by atoms with Crippen molar-refractivity contribution in [1.82, 2.24) is 15.5 Å². The highest BCUT2D eigenvalue weighted by atomic mass is 32.2. The van der Waals surface area contributed by atoms with Crippen LogP contribution in [-0.4, -0.2) is 57.0 Å². The lowest BCUT2D eigenvalue weighted by molar-refractivity contribution is 0.245. The van der Waals surface area contributed by atoms with E-state index in [1.165, 1.54) is 23.8 Å². The van der Waals surface area contributed by atoms with Crippen molar-refractivity contribution in [3.63, 3.8) is 0 Å². The number of sulfone groups is 1. The van der Waals surface area contributed by atoms with Crippen LogP contribution in [0.4, 0.5) is 0 Å². The Bertz CT molecular complexity index is 756. The first-order valence-electron chi connectivity index (χ1n) is 8.80. The second-order valence-electron chi connectivity index (χ2n) is 6.65. The average molecular weight is 396 g/mol. The van der Waals surface area contributed by atoms with E-state index in [2.05, 4.69) is 27.7 Å². The summed E-state index contributed by atoms with van der Waals surface area (Å²) in [7, 11) is -1.42. The van der Waals surface area contributed by atoms with Gasteiger partial charge in [-0.25, -0.2) is 8.42 Å². The molecule has 1 aromatic rings. The normalized spacial score (nSPS) is 22.9. The van der Waals surface area contributed by atoms with E-state index in [0.717, 1.165) is 18.8 Å². The first-order chi connectivity index (χ1) is 12.5. The van der Waals surface area contributed by atoms with Crippen molar-refractivity contribution in [1.29, 1.82) is 0 Å². The van der Waals surface area contributed by atoms with Gasteiger partial charge in [0, 0.05) is 12.0 Å². The number of hydrogen-bond donors (Lipinski definition) is 2. The minimum Gasteiger partial charge on any atom is -0.497 e. The van der Waals surface area contributed by atoms with Crippen LogP contribution in [0.1, 0.15) is 24.4 Å². The second kappa shape index (κ2) is 8.37. The Labute approximate surface area is 160 Å². The summed E-state index contributed by atoms with van der Waals surface area (Å²) >= 11 is 5.36. The van der Waals surface area contributed by atoms with Crippen LogP contribution in [0.5, 0.6) is 5.75 Å². The number of nitrogens with one attached hydrogen (secondary N) is 2. The van der Waals surface area contributed by atoms with Gasteiger partial charge in [-0.3, -0.25) is 4.90 Å². The van der Waals surface area contributed by atoms with E-state index >= 15 is 0 Å². The molecule has 1 fully saturated rings. The highest BCUT2D eigenvalue weighted by Crippen LogP contribution is 2.26. The Morgan fingerprint density at radius 1 is 1.31 bits per heavy atom. The molecule has 0 aromatic heterocycles. The fraction of sp³-hybridized carbons (Fsp3) is 0.500. The molecule has 1 aromatic carbocycles. The number of ether oxygens (including phenoxy) is 1. The van der Waals surface area contributed by atoms with Crippen molar-refractivity contribution < 1.29 is 13.2 Å². The number of methoxy groups -OCH3 is 1. The third-order valence-corrected chi connectivity index (χ3v) is 6.44. The number of nitrogens with zero attached hydrogens (tertiary/aromatic N) is 1. The van der Waals surface area contributed by atoms with Crippen molar-refractivity contribution in [2.24, 2.45) is 0 Å². The molecule has 6 nitrogen and oxygen atoms in total. The van der Waals surface area contributed by atoms with Gasteiger partial charge in [0.1, 0.15) is 5.75 Å². The summed E-state index contributed by atoms with van der Waals surface area (Å²) in [5, 5.41) is 8.05. The van der Waals surface area contributed by atoms with Crippen LogP contribution in [0.3, 0.4) is 0 Å². The third kappa shape index (κ3) is 4.96. The topological polar surface area (TPSA) is 70.7 Å². The predicted molar refractivity (Wildman–Crippen MR) is 107 cm³/mol. The Morgan fingerprint density at radius 2 is 2.00 bits per heavy atom. The van der Waals surface area contributed by atoms with Gasteiger partial charge in [-0.15, -0.1) is 0 Å². The summed E-state index contributed by atoms with van der Waals surface area (Å²) in [6, 6.07) is 8.09. The molecule has 2 heterocycles. The average Bonchev–Trinajstić information content (AvgIpc) is 3.25. The van der Waals surface area contributed by atoms with Crippen LogP contribution in [-0.2, 0) is 9.84 Å².